The molecular weight excluding hydrogens is 352 g/mol. The predicted octanol–water partition coefficient (Wildman–Crippen LogP) is 2.88. The van der Waals surface area contributed by atoms with Crippen LogP contribution in [0.15, 0.2) is 42.5 Å². The lowest BCUT2D eigenvalue weighted by atomic mass is 10.2. The average Bonchev–Trinajstić information content (AvgIpc) is 2.73. The number of aryl methyl sites for hydroxylation is 1. The quantitative estimate of drug-likeness (QED) is 0.866. The van der Waals surface area contributed by atoms with Crippen LogP contribution in [0.25, 0.3) is 0 Å². The topological polar surface area (TPSA) is 65.5 Å². The molecule has 6 heteroatoms. The minimum atomic E-state index is -0.242. The van der Waals surface area contributed by atoms with Crippen molar-refractivity contribution in [3.63, 3.8) is 0 Å². The summed E-state index contributed by atoms with van der Waals surface area (Å²) in [5.74, 6) is -0.365. The van der Waals surface area contributed by atoms with Crippen molar-refractivity contribution in [3.05, 3.63) is 59.4 Å². The maximum absolute atomic E-state index is 12.9. The molecule has 1 unspecified atom stereocenters. The minimum Gasteiger partial charge on any atom is -0.368 e. The SMILES string of the molecule is CCC(C)NC(=O)c1cccc(C(=O)N2CCN(c3cccc(C)c3)CC2)n1. The molecule has 0 bridgehead atoms. The van der Waals surface area contributed by atoms with Gasteiger partial charge in [0.15, 0.2) is 0 Å². The van der Waals surface area contributed by atoms with Gasteiger partial charge in [0.2, 0.25) is 0 Å². The van der Waals surface area contributed by atoms with Gasteiger partial charge < -0.3 is 15.1 Å². The lowest BCUT2D eigenvalue weighted by Crippen LogP contribution is -2.49. The summed E-state index contributed by atoms with van der Waals surface area (Å²) in [5, 5.41) is 2.89. The molecule has 28 heavy (non-hydrogen) atoms. The molecule has 0 spiro atoms. The molecular formula is C22H28N4O2. The Morgan fingerprint density at radius 1 is 1.07 bits per heavy atom. The summed E-state index contributed by atoms with van der Waals surface area (Å²) in [5.41, 5.74) is 3.02. The van der Waals surface area contributed by atoms with E-state index in [1.54, 1.807) is 18.2 Å². The highest BCUT2D eigenvalue weighted by molar-refractivity contribution is 5.96. The van der Waals surface area contributed by atoms with Gasteiger partial charge in [-0.3, -0.25) is 9.59 Å². The molecule has 2 amide bonds. The van der Waals surface area contributed by atoms with Crippen molar-refractivity contribution in [2.24, 2.45) is 0 Å². The van der Waals surface area contributed by atoms with Crippen LogP contribution < -0.4 is 10.2 Å². The molecule has 1 atom stereocenters. The van der Waals surface area contributed by atoms with Crippen LogP contribution >= 0.6 is 0 Å². The van der Waals surface area contributed by atoms with Crippen LogP contribution in [0.2, 0.25) is 0 Å². The molecule has 1 aliphatic rings. The number of nitrogens with zero attached hydrogens (tertiary/aromatic N) is 3. The fourth-order valence-electron chi connectivity index (χ4n) is 3.23. The van der Waals surface area contributed by atoms with Crippen LogP contribution in [-0.2, 0) is 0 Å². The number of rotatable bonds is 5. The Morgan fingerprint density at radius 3 is 2.43 bits per heavy atom. The Hall–Kier alpha value is -2.89. The number of piperazine rings is 1. The summed E-state index contributed by atoms with van der Waals surface area (Å²) in [6.07, 6.45) is 0.843. The maximum Gasteiger partial charge on any atom is 0.272 e. The number of benzene rings is 1. The minimum absolute atomic E-state index is 0.0726. The zero-order valence-electron chi connectivity index (χ0n) is 16.8. The van der Waals surface area contributed by atoms with E-state index in [0.717, 1.165) is 19.5 Å². The molecule has 0 aliphatic carbocycles. The van der Waals surface area contributed by atoms with Gasteiger partial charge in [0, 0.05) is 37.9 Å². The van der Waals surface area contributed by atoms with Crippen LogP contribution in [0.3, 0.4) is 0 Å². The van der Waals surface area contributed by atoms with Crippen LogP contribution in [0.4, 0.5) is 5.69 Å². The lowest BCUT2D eigenvalue weighted by molar-refractivity contribution is 0.0740. The van der Waals surface area contributed by atoms with Gasteiger partial charge in [0.1, 0.15) is 11.4 Å². The Labute approximate surface area is 166 Å². The number of carbonyl (C=O) groups is 2. The van der Waals surface area contributed by atoms with Crippen molar-refractivity contribution in [2.45, 2.75) is 33.2 Å². The Kier molecular flexibility index (Phi) is 6.29. The Morgan fingerprint density at radius 2 is 1.75 bits per heavy atom. The first kappa shape index (κ1) is 19.9. The van der Waals surface area contributed by atoms with Crippen LogP contribution in [0.1, 0.15) is 46.8 Å². The van der Waals surface area contributed by atoms with Crippen molar-refractivity contribution in [3.8, 4) is 0 Å². The number of hydrogen-bond donors (Lipinski definition) is 1. The Bertz CT molecular complexity index is 844. The van der Waals surface area contributed by atoms with Gasteiger partial charge in [0.25, 0.3) is 11.8 Å². The highest BCUT2D eigenvalue weighted by Crippen LogP contribution is 2.18. The number of nitrogens with one attached hydrogen (secondary N) is 1. The molecule has 0 saturated carbocycles. The molecule has 2 heterocycles. The summed E-state index contributed by atoms with van der Waals surface area (Å²) >= 11 is 0. The lowest BCUT2D eigenvalue weighted by Gasteiger charge is -2.36. The third-order valence-electron chi connectivity index (χ3n) is 5.12. The summed E-state index contributed by atoms with van der Waals surface area (Å²) in [6, 6.07) is 13.5. The first-order valence-electron chi connectivity index (χ1n) is 9.86. The third kappa shape index (κ3) is 4.68. The van der Waals surface area contributed by atoms with Crippen molar-refractivity contribution < 1.29 is 9.59 Å². The Balaban J connectivity index is 1.63. The van der Waals surface area contributed by atoms with Gasteiger partial charge in [-0.1, -0.05) is 25.1 Å². The van der Waals surface area contributed by atoms with Gasteiger partial charge in [-0.25, -0.2) is 4.98 Å². The van der Waals surface area contributed by atoms with Gasteiger partial charge in [0.05, 0.1) is 0 Å². The molecule has 1 saturated heterocycles. The normalized spacial score (nSPS) is 15.2. The number of carbonyl (C=O) groups excluding carboxylic acids is 2. The number of amides is 2. The standard InChI is InChI=1S/C22H28N4O2/c1-4-17(3)23-21(27)19-9-6-10-20(24-19)22(28)26-13-11-25(12-14-26)18-8-5-7-16(2)15-18/h5-10,15,17H,4,11-14H2,1-3H3,(H,23,27). The van der Waals surface area contributed by atoms with E-state index in [2.05, 4.69) is 46.4 Å². The monoisotopic (exact) mass is 380 g/mol. The highest BCUT2D eigenvalue weighted by atomic mass is 16.2. The maximum atomic E-state index is 12.9. The van der Waals surface area contributed by atoms with E-state index in [9.17, 15) is 9.59 Å². The largest absolute Gasteiger partial charge is 0.368 e. The number of pyridine rings is 1. The fourth-order valence-corrected chi connectivity index (χ4v) is 3.23. The summed E-state index contributed by atoms with van der Waals surface area (Å²) < 4.78 is 0. The molecule has 1 aliphatic heterocycles. The predicted molar refractivity (Wildman–Crippen MR) is 111 cm³/mol. The zero-order valence-corrected chi connectivity index (χ0v) is 16.8. The van der Waals surface area contributed by atoms with Gasteiger partial charge in [-0.2, -0.15) is 0 Å². The summed E-state index contributed by atoms with van der Waals surface area (Å²) in [4.78, 5) is 33.6. The van der Waals surface area contributed by atoms with E-state index in [4.69, 9.17) is 0 Å². The fraction of sp³-hybridized carbons (Fsp3) is 0.409. The van der Waals surface area contributed by atoms with Gasteiger partial charge in [-0.15, -0.1) is 0 Å². The van der Waals surface area contributed by atoms with Crippen molar-refractivity contribution >= 4 is 17.5 Å². The molecule has 1 aromatic carbocycles. The third-order valence-corrected chi connectivity index (χ3v) is 5.12. The summed E-state index contributed by atoms with van der Waals surface area (Å²) in [6.45, 7) is 8.87. The zero-order chi connectivity index (χ0) is 20.1. The van der Waals surface area contributed by atoms with E-state index in [1.165, 1.54) is 11.3 Å². The average molecular weight is 380 g/mol. The van der Waals surface area contributed by atoms with Crippen LogP contribution in [-0.4, -0.2) is 53.9 Å². The second-order valence-corrected chi connectivity index (χ2v) is 7.31. The second kappa shape index (κ2) is 8.87. The molecule has 148 valence electrons. The molecule has 1 fully saturated rings. The molecule has 2 aromatic rings. The van der Waals surface area contributed by atoms with Crippen LogP contribution in [0, 0.1) is 6.92 Å². The highest BCUT2D eigenvalue weighted by Gasteiger charge is 2.24. The summed E-state index contributed by atoms with van der Waals surface area (Å²) in [7, 11) is 0. The molecule has 0 radical (unpaired) electrons. The van der Waals surface area contributed by atoms with Crippen molar-refractivity contribution in [1.82, 2.24) is 15.2 Å². The number of anilines is 1. The molecule has 3 rings (SSSR count). The smallest absolute Gasteiger partial charge is 0.272 e. The van der Waals surface area contributed by atoms with Crippen molar-refractivity contribution in [1.29, 1.82) is 0 Å². The molecule has 6 nitrogen and oxygen atoms in total. The van der Waals surface area contributed by atoms with E-state index >= 15 is 0 Å². The second-order valence-electron chi connectivity index (χ2n) is 7.31. The van der Waals surface area contributed by atoms with Crippen LogP contribution in [0.5, 0.6) is 0 Å². The first-order chi connectivity index (χ1) is 13.5. The van der Waals surface area contributed by atoms with E-state index in [0.29, 0.717) is 18.8 Å². The number of hydrogen-bond acceptors (Lipinski definition) is 4. The molecule has 1 N–H and O–H groups in total. The van der Waals surface area contributed by atoms with E-state index in [1.807, 2.05) is 18.7 Å². The van der Waals surface area contributed by atoms with E-state index in [-0.39, 0.29) is 23.6 Å². The first-order valence-corrected chi connectivity index (χ1v) is 9.86. The van der Waals surface area contributed by atoms with Gasteiger partial charge >= 0.3 is 0 Å². The van der Waals surface area contributed by atoms with Gasteiger partial charge in [-0.05, 0) is 50.1 Å². The van der Waals surface area contributed by atoms with E-state index < -0.39 is 0 Å². The number of aromatic nitrogens is 1. The van der Waals surface area contributed by atoms with Crippen molar-refractivity contribution in [2.75, 3.05) is 31.1 Å². The molecule has 1 aromatic heterocycles.